The van der Waals surface area contributed by atoms with Crippen LogP contribution in [0.25, 0.3) is 0 Å². The summed E-state index contributed by atoms with van der Waals surface area (Å²) >= 11 is 18.0. The maximum Gasteiger partial charge on any atom is 0.107 e. The molecule has 0 heterocycles. The van der Waals surface area contributed by atoms with Crippen LogP contribution in [0, 0.1) is 0 Å². The van der Waals surface area contributed by atoms with Gasteiger partial charge in [0.1, 0.15) is 4.49 Å². The number of benzene rings is 1. The number of hydrogen-bond acceptors (Lipinski definition) is 0. The number of allylic oxidation sites excluding steroid dienone is 3. The molecule has 2 aliphatic rings. The molecule has 0 amide bonds. The Morgan fingerprint density at radius 3 is 2.47 bits per heavy atom. The fourth-order valence-electron chi connectivity index (χ4n) is 2.53. The molecule has 2 atom stereocenters. The minimum absolute atomic E-state index is 0.184. The van der Waals surface area contributed by atoms with Gasteiger partial charge in [-0.1, -0.05) is 59.1 Å². The monoisotopic (exact) mass is 256 g/mol. The molecular weight excluding hydrogens is 250 g/mol. The average molecular weight is 258 g/mol. The Morgan fingerprint density at radius 1 is 1.07 bits per heavy atom. The highest BCUT2D eigenvalue weighted by Crippen LogP contribution is 2.56. The van der Waals surface area contributed by atoms with Gasteiger partial charge in [-0.15, -0.1) is 0 Å². The second-order valence-electron chi connectivity index (χ2n) is 3.80. The first-order valence-corrected chi connectivity index (χ1v) is 5.85. The third kappa shape index (κ3) is 1.22. The Balaban J connectivity index is 2.29. The van der Waals surface area contributed by atoms with Gasteiger partial charge < -0.3 is 0 Å². The summed E-state index contributed by atoms with van der Waals surface area (Å²) in [5.74, 6) is 0.414. The smallest absolute Gasteiger partial charge is 0.0840 e. The van der Waals surface area contributed by atoms with Gasteiger partial charge in [0, 0.05) is 16.9 Å². The van der Waals surface area contributed by atoms with Crippen LogP contribution in [0.1, 0.15) is 23.0 Å². The van der Waals surface area contributed by atoms with E-state index in [9.17, 15) is 0 Å². The van der Waals surface area contributed by atoms with E-state index in [0.29, 0.717) is 4.49 Å². The van der Waals surface area contributed by atoms with Gasteiger partial charge in [0.2, 0.25) is 0 Å². The molecule has 76 valence electrons. The van der Waals surface area contributed by atoms with Gasteiger partial charge in [-0.25, -0.2) is 0 Å². The Kier molecular flexibility index (Phi) is 2.14. The number of hydrogen-bond donors (Lipinski definition) is 0. The molecule has 0 nitrogen and oxygen atoms in total. The summed E-state index contributed by atoms with van der Waals surface area (Å²) in [7, 11) is 0. The summed E-state index contributed by atoms with van der Waals surface area (Å²) in [6, 6.07) is 5.97. The molecule has 0 unspecified atom stereocenters. The van der Waals surface area contributed by atoms with Crippen LogP contribution >= 0.6 is 34.8 Å². The van der Waals surface area contributed by atoms with Crippen molar-refractivity contribution in [3.63, 3.8) is 0 Å². The highest BCUT2D eigenvalue weighted by Gasteiger charge is 2.40. The van der Waals surface area contributed by atoms with Crippen LogP contribution in [0.15, 0.2) is 40.4 Å². The van der Waals surface area contributed by atoms with E-state index in [1.165, 1.54) is 11.1 Å². The molecule has 1 aromatic rings. The van der Waals surface area contributed by atoms with Crippen molar-refractivity contribution in [3.8, 4) is 0 Å². The number of fused-ring (bicyclic) bond motifs is 5. The van der Waals surface area contributed by atoms with Crippen LogP contribution in [-0.2, 0) is 0 Å². The molecule has 0 radical (unpaired) electrons. The lowest BCUT2D eigenvalue weighted by Crippen LogP contribution is -1.92. The van der Waals surface area contributed by atoms with E-state index in [0.717, 1.165) is 10.6 Å². The zero-order valence-corrected chi connectivity index (χ0v) is 9.94. The quantitative estimate of drug-likeness (QED) is 0.587. The van der Waals surface area contributed by atoms with E-state index in [1.807, 2.05) is 12.1 Å². The van der Waals surface area contributed by atoms with Gasteiger partial charge in [0.05, 0.1) is 0 Å². The van der Waals surface area contributed by atoms with Gasteiger partial charge in [0.15, 0.2) is 0 Å². The topological polar surface area (TPSA) is 0 Å². The number of halogens is 3. The maximum absolute atomic E-state index is 6.19. The number of rotatable bonds is 0. The lowest BCUT2D eigenvalue weighted by Gasteiger charge is -2.10. The summed E-state index contributed by atoms with van der Waals surface area (Å²) in [5, 5.41) is 0.802. The first kappa shape index (κ1) is 9.77. The SMILES string of the molecule is ClC(Cl)=C1[C@H]2C=C[C@@H]1c1c(Cl)cccc12. The highest BCUT2D eigenvalue weighted by molar-refractivity contribution is 6.56. The minimum atomic E-state index is 0.184. The zero-order chi connectivity index (χ0) is 10.6. The summed E-state index contributed by atoms with van der Waals surface area (Å²) in [5.41, 5.74) is 3.48. The molecular formula is C12H7Cl3. The average Bonchev–Trinajstić information content (AvgIpc) is 2.73. The molecule has 3 rings (SSSR count). The first-order chi connectivity index (χ1) is 7.20. The lowest BCUT2D eigenvalue weighted by molar-refractivity contribution is 1.04. The van der Waals surface area contributed by atoms with E-state index in [4.69, 9.17) is 34.8 Å². The predicted molar refractivity (Wildman–Crippen MR) is 64.8 cm³/mol. The van der Waals surface area contributed by atoms with Crippen molar-refractivity contribution in [1.82, 2.24) is 0 Å². The van der Waals surface area contributed by atoms with Crippen molar-refractivity contribution in [2.24, 2.45) is 0 Å². The second-order valence-corrected chi connectivity index (χ2v) is 5.16. The van der Waals surface area contributed by atoms with Crippen LogP contribution < -0.4 is 0 Å². The van der Waals surface area contributed by atoms with Crippen LogP contribution in [-0.4, -0.2) is 0 Å². The van der Waals surface area contributed by atoms with E-state index in [-0.39, 0.29) is 11.8 Å². The molecule has 0 fully saturated rings. The van der Waals surface area contributed by atoms with E-state index in [1.54, 1.807) is 0 Å². The summed E-state index contributed by atoms with van der Waals surface area (Å²) in [6.07, 6.45) is 4.27. The van der Waals surface area contributed by atoms with Crippen molar-refractivity contribution in [2.75, 3.05) is 0 Å². The van der Waals surface area contributed by atoms with Gasteiger partial charge in [-0.2, -0.15) is 0 Å². The van der Waals surface area contributed by atoms with Crippen molar-refractivity contribution in [1.29, 1.82) is 0 Å². The van der Waals surface area contributed by atoms with Gasteiger partial charge in [0.25, 0.3) is 0 Å². The third-order valence-corrected chi connectivity index (χ3v) is 3.88. The molecule has 0 aromatic heterocycles. The third-order valence-electron chi connectivity index (χ3n) is 3.12. The van der Waals surface area contributed by atoms with Crippen LogP contribution in [0.5, 0.6) is 0 Å². The highest BCUT2D eigenvalue weighted by atomic mass is 35.5. The van der Waals surface area contributed by atoms with Crippen molar-refractivity contribution < 1.29 is 0 Å². The molecule has 0 saturated heterocycles. The maximum atomic E-state index is 6.19. The van der Waals surface area contributed by atoms with Gasteiger partial charge >= 0.3 is 0 Å². The molecule has 15 heavy (non-hydrogen) atoms. The Morgan fingerprint density at radius 2 is 1.80 bits per heavy atom. The Bertz CT molecular complexity index is 496. The minimum Gasteiger partial charge on any atom is -0.0840 e. The van der Waals surface area contributed by atoms with Gasteiger partial charge in [-0.05, 0) is 22.8 Å². The molecule has 3 heteroatoms. The lowest BCUT2D eigenvalue weighted by atomic mass is 9.97. The molecule has 0 spiro atoms. The summed E-state index contributed by atoms with van der Waals surface area (Å²) in [6.45, 7) is 0. The molecule has 1 aromatic carbocycles. The zero-order valence-electron chi connectivity index (χ0n) is 7.68. The van der Waals surface area contributed by atoms with E-state index in [2.05, 4.69) is 18.2 Å². The molecule has 2 bridgehead atoms. The van der Waals surface area contributed by atoms with Crippen molar-refractivity contribution in [2.45, 2.75) is 11.8 Å². The Hall–Kier alpha value is -0.430. The van der Waals surface area contributed by atoms with Crippen LogP contribution in [0.2, 0.25) is 5.02 Å². The second kappa shape index (κ2) is 3.28. The molecule has 2 aliphatic carbocycles. The fourth-order valence-corrected chi connectivity index (χ4v) is 3.30. The van der Waals surface area contributed by atoms with E-state index < -0.39 is 0 Å². The fraction of sp³-hybridized carbons (Fsp3) is 0.167. The predicted octanol–water partition coefficient (Wildman–Crippen LogP) is 4.78. The summed E-state index contributed by atoms with van der Waals surface area (Å²) < 4.78 is 0.377. The van der Waals surface area contributed by atoms with Crippen molar-refractivity contribution >= 4 is 34.8 Å². The largest absolute Gasteiger partial charge is 0.107 e. The standard InChI is InChI=1S/C12H7Cl3/c13-9-3-1-2-6-7-4-5-8(10(6)9)11(7)12(14)15/h1-5,7-8H/t7-,8+/m0/s1. The van der Waals surface area contributed by atoms with Crippen LogP contribution in [0.3, 0.4) is 0 Å². The molecule has 0 saturated carbocycles. The van der Waals surface area contributed by atoms with Crippen LogP contribution in [0.4, 0.5) is 0 Å². The normalized spacial score (nSPS) is 25.9. The first-order valence-electron chi connectivity index (χ1n) is 4.72. The molecule has 0 N–H and O–H groups in total. The molecule has 0 aliphatic heterocycles. The van der Waals surface area contributed by atoms with E-state index >= 15 is 0 Å². The summed E-state index contributed by atoms with van der Waals surface area (Å²) in [4.78, 5) is 0. The van der Waals surface area contributed by atoms with Crippen molar-refractivity contribution in [3.05, 3.63) is 56.6 Å². The van der Waals surface area contributed by atoms with Gasteiger partial charge in [-0.3, -0.25) is 0 Å². The Labute approximate surface area is 103 Å².